The number of hydrogen-bond donors (Lipinski definition) is 2. The Kier molecular flexibility index (Phi) is 5.65. The molecule has 100 valence electrons. The van der Waals surface area contributed by atoms with Crippen LogP contribution in [0.15, 0.2) is 30.3 Å². The average molecular weight is 250 g/mol. The van der Waals surface area contributed by atoms with Crippen molar-refractivity contribution in [2.75, 3.05) is 6.54 Å². The van der Waals surface area contributed by atoms with Crippen molar-refractivity contribution in [1.82, 2.24) is 10.9 Å². The van der Waals surface area contributed by atoms with Gasteiger partial charge in [0.05, 0.1) is 0 Å². The molecule has 0 atom stereocenters. The van der Waals surface area contributed by atoms with E-state index in [1.807, 2.05) is 39.0 Å². The molecule has 4 heteroatoms. The highest BCUT2D eigenvalue weighted by Crippen LogP contribution is 2.06. The second-order valence-electron chi connectivity index (χ2n) is 5.14. The summed E-state index contributed by atoms with van der Waals surface area (Å²) in [6.07, 6.45) is 1.51. The van der Waals surface area contributed by atoms with Crippen LogP contribution in [0.5, 0.6) is 0 Å². The van der Waals surface area contributed by atoms with Crippen molar-refractivity contribution in [3.8, 4) is 0 Å². The van der Waals surface area contributed by atoms with Crippen molar-refractivity contribution in [2.24, 2.45) is 0 Å². The SMILES string of the molecule is CC(C)(C)OC(=O)NNCCCc1ccccc1. The van der Waals surface area contributed by atoms with Crippen molar-refractivity contribution < 1.29 is 9.53 Å². The van der Waals surface area contributed by atoms with Crippen LogP contribution in [-0.4, -0.2) is 18.2 Å². The van der Waals surface area contributed by atoms with Crippen LogP contribution >= 0.6 is 0 Å². The molecule has 0 aliphatic rings. The Labute approximate surface area is 109 Å². The zero-order chi connectivity index (χ0) is 13.4. The van der Waals surface area contributed by atoms with Gasteiger partial charge in [0.1, 0.15) is 5.60 Å². The second-order valence-corrected chi connectivity index (χ2v) is 5.14. The fraction of sp³-hybridized carbons (Fsp3) is 0.500. The van der Waals surface area contributed by atoms with Gasteiger partial charge in [-0.3, -0.25) is 5.43 Å². The van der Waals surface area contributed by atoms with E-state index in [1.165, 1.54) is 5.56 Å². The van der Waals surface area contributed by atoms with Crippen LogP contribution in [0.2, 0.25) is 0 Å². The van der Waals surface area contributed by atoms with Gasteiger partial charge in [-0.15, -0.1) is 0 Å². The van der Waals surface area contributed by atoms with E-state index in [0.29, 0.717) is 6.54 Å². The van der Waals surface area contributed by atoms with Crippen LogP contribution in [0.25, 0.3) is 0 Å². The number of hydrazine groups is 1. The van der Waals surface area contributed by atoms with Crippen molar-refractivity contribution in [1.29, 1.82) is 0 Å². The Morgan fingerprint density at radius 3 is 2.50 bits per heavy atom. The van der Waals surface area contributed by atoms with E-state index in [2.05, 4.69) is 23.0 Å². The number of amides is 1. The van der Waals surface area contributed by atoms with Crippen molar-refractivity contribution in [2.45, 2.75) is 39.2 Å². The van der Waals surface area contributed by atoms with Gasteiger partial charge in [-0.05, 0) is 39.2 Å². The summed E-state index contributed by atoms with van der Waals surface area (Å²) in [5.74, 6) is 0. The summed E-state index contributed by atoms with van der Waals surface area (Å²) < 4.78 is 5.09. The summed E-state index contributed by atoms with van der Waals surface area (Å²) in [7, 11) is 0. The Bertz CT molecular complexity index is 358. The lowest BCUT2D eigenvalue weighted by molar-refractivity contribution is 0.0498. The van der Waals surface area contributed by atoms with Gasteiger partial charge < -0.3 is 4.74 Å². The Balaban J connectivity index is 2.07. The standard InChI is InChI=1S/C14H22N2O2/c1-14(2,3)18-13(17)16-15-11-7-10-12-8-5-4-6-9-12/h4-6,8-9,15H,7,10-11H2,1-3H3,(H,16,17). The van der Waals surface area contributed by atoms with Crippen LogP contribution in [0.1, 0.15) is 32.8 Å². The normalized spacial score (nSPS) is 11.1. The monoisotopic (exact) mass is 250 g/mol. The van der Waals surface area contributed by atoms with Gasteiger partial charge in [0.2, 0.25) is 0 Å². The van der Waals surface area contributed by atoms with E-state index in [0.717, 1.165) is 12.8 Å². The smallest absolute Gasteiger partial charge is 0.422 e. The molecule has 1 amide bonds. The number of ether oxygens (including phenoxy) is 1. The molecule has 1 aromatic carbocycles. The Hall–Kier alpha value is -1.55. The van der Waals surface area contributed by atoms with Gasteiger partial charge in [0.15, 0.2) is 0 Å². The minimum absolute atomic E-state index is 0.442. The van der Waals surface area contributed by atoms with E-state index < -0.39 is 11.7 Å². The molecule has 0 unspecified atom stereocenters. The minimum atomic E-state index is -0.462. The lowest BCUT2D eigenvalue weighted by Crippen LogP contribution is -2.41. The zero-order valence-corrected chi connectivity index (χ0v) is 11.3. The number of rotatable bonds is 5. The number of carbonyl (C=O) groups is 1. The first kappa shape index (κ1) is 14.5. The molecule has 0 aliphatic carbocycles. The molecule has 18 heavy (non-hydrogen) atoms. The first-order valence-electron chi connectivity index (χ1n) is 6.23. The highest BCUT2D eigenvalue weighted by atomic mass is 16.6. The molecule has 0 radical (unpaired) electrons. The predicted octanol–water partition coefficient (Wildman–Crippen LogP) is 2.65. The van der Waals surface area contributed by atoms with E-state index in [9.17, 15) is 4.79 Å². The molecular weight excluding hydrogens is 228 g/mol. The van der Waals surface area contributed by atoms with E-state index in [4.69, 9.17) is 4.74 Å². The van der Waals surface area contributed by atoms with Crippen LogP contribution in [-0.2, 0) is 11.2 Å². The average Bonchev–Trinajstić information content (AvgIpc) is 2.27. The molecule has 0 saturated carbocycles. The first-order valence-corrected chi connectivity index (χ1v) is 6.23. The highest BCUT2D eigenvalue weighted by Gasteiger charge is 2.15. The summed E-state index contributed by atoms with van der Waals surface area (Å²) >= 11 is 0. The third-order valence-electron chi connectivity index (χ3n) is 2.20. The number of nitrogens with one attached hydrogen (secondary N) is 2. The van der Waals surface area contributed by atoms with E-state index >= 15 is 0 Å². The maximum Gasteiger partial charge on any atom is 0.422 e. The number of aryl methyl sites for hydroxylation is 1. The van der Waals surface area contributed by atoms with Crippen LogP contribution in [0.4, 0.5) is 4.79 Å². The summed E-state index contributed by atoms with van der Waals surface area (Å²) in [5, 5.41) is 0. The van der Waals surface area contributed by atoms with Crippen LogP contribution < -0.4 is 10.9 Å². The lowest BCUT2D eigenvalue weighted by atomic mass is 10.1. The number of carbonyl (C=O) groups excluding carboxylic acids is 1. The Morgan fingerprint density at radius 2 is 1.89 bits per heavy atom. The van der Waals surface area contributed by atoms with Crippen LogP contribution in [0.3, 0.4) is 0 Å². The van der Waals surface area contributed by atoms with Gasteiger partial charge in [-0.25, -0.2) is 10.2 Å². The summed E-state index contributed by atoms with van der Waals surface area (Å²) in [6.45, 7) is 6.22. The molecule has 1 aromatic rings. The fourth-order valence-electron chi connectivity index (χ4n) is 1.46. The third-order valence-corrected chi connectivity index (χ3v) is 2.20. The largest absolute Gasteiger partial charge is 0.443 e. The highest BCUT2D eigenvalue weighted by molar-refractivity contribution is 5.66. The molecule has 0 saturated heterocycles. The Morgan fingerprint density at radius 1 is 1.22 bits per heavy atom. The maximum absolute atomic E-state index is 11.3. The van der Waals surface area contributed by atoms with E-state index in [1.54, 1.807) is 0 Å². The molecule has 4 nitrogen and oxygen atoms in total. The van der Waals surface area contributed by atoms with E-state index in [-0.39, 0.29) is 0 Å². The zero-order valence-electron chi connectivity index (χ0n) is 11.3. The third kappa shape index (κ3) is 6.91. The molecule has 0 spiro atoms. The molecule has 0 bridgehead atoms. The fourth-order valence-corrected chi connectivity index (χ4v) is 1.46. The number of hydrogen-bond acceptors (Lipinski definition) is 3. The van der Waals surface area contributed by atoms with Crippen LogP contribution in [0, 0.1) is 0 Å². The topological polar surface area (TPSA) is 50.4 Å². The lowest BCUT2D eigenvalue weighted by Gasteiger charge is -2.19. The second kappa shape index (κ2) is 7.01. The van der Waals surface area contributed by atoms with Gasteiger partial charge in [-0.2, -0.15) is 0 Å². The van der Waals surface area contributed by atoms with Gasteiger partial charge in [0, 0.05) is 6.54 Å². The first-order chi connectivity index (χ1) is 8.47. The predicted molar refractivity (Wildman–Crippen MR) is 72.1 cm³/mol. The van der Waals surface area contributed by atoms with Gasteiger partial charge >= 0.3 is 6.09 Å². The van der Waals surface area contributed by atoms with Gasteiger partial charge in [0.25, 0.3) is 0 Å². The van der Waals surface area contributed by atoms with Gasteiger partial charge in [-0.1, -0.05) is 30.3 Å². The molecule has 0 aliphatic heterocycles. The molecular formula is C14H22N2O2. The summed E-state index contributed by atoms with van der Waals surface area (Å²) in [5.41, 5.74) is 6.21. The molecule has 0 aromatic heterocycles. The maximum atomic E-state index is 11.3. The molecule has 2 N–H and O–H groups in total. The van der Waals surface area contributed by atoms with Crippen molar-refractivity contribution >= 4 is 6.09 Å². The molecule has 0 fully saturated rings. The van der Waals surface area contributed by atoms with Crippen molar-refractivity contribution in [3.05, 3.63) is 35.9 Å². The molecule has 0 heterocycles. The quantitative estimate of drug-likeness (QED) is 0.624. The molecule has 1 rings (SSSR count). The minimum Gasteiger partial charge on any atom is -0.443 e. The number of benzene rings is 1. The summed E-state index contributed by atoms with van der Waals surface area (Å²) in [4.78, 5) is 11.3. The van der Waals surface area contributed by atoms with Crippen molar-refractivity contribution in [3.63, 3.8) is 0 Å². The summed E-state index contributed by atoms with van der Waals surface area (Å²) in [6, 6.07) is 10.3.